The lowest BCUT2D eigenvalue weighted by atomic mass is 10.1. The smallest absolute Gasteiger partial charge is 0.0319 e. The summed E-state index contributed by atoms with van der Waals surface area (Å²) >= 11 is 0. The van der Waals surface area contributed by atoms with Crippen molar-refractivity contribution in [3.63, 3.8) is 0 Å². The third kappa shape index (κ3) is 11.6. The lowest BCUT2D eigenvalue weighted by molar-refractivity contribution is 0.399. The summed E-state index contributed by atoms with van der Waals surface area (Å²) < 4.78 is 0. The minimum absolute atomic E-state index is 0.292. The normalized spacial score (nSPS) is 10.6. The van der Waals surface area contributed by atoms with Crippen LogP contribution in [0.25, 0.3) is 0 Å². The van der Waals surface area contributed by atoms with Crippen molar-refractivity contribution in [2.24, 2.45) is 5.73 Å². The molecular weight excluding hydrogens is 224 g/mol. The molecule has 0 aliphatic carbocycles. The summed E-state index contributed by atoms with van der Waals surface area (Å²) in [6.07, 6.45) is 1.03. The molecule has 18 heavy (non-hydrogen) atoms. The van der Waals surface area contributed by atoms with Crippen LogP contribution in [0.15, 0.2) is 24.3 Å². The lowest BCUT2D eigenvalue weighted by Gasteiger charge is -2.07. The molecular formula is C15H30N2O. The quantitative estimate of drug-likeness (QED) is 0.707. The van der Waals surface area contributed by atoms with Crippen LogP contribution in [0, 0.1) is 6.92 Å². The van der Waals surface area contributed by atoms with E-state index >= 15 is 0 Å². The van der Waals surface area contributed by atoms with Crippen LogP contribution in [0.2, 0.25) is 0 Å². The van der Waals surface area contributed by atoms with E-state index in [1.807, 2.05) is 20.8 Å². The molecule has 1 unspecified atom stereocenters. The molecule has 0 saturated heterocycles. The molecule has 0 aliphatic heterocycles. The molecule has 0 bridgehead atoms. The molecule has 1 aromatic carbocycles. The van der Waals surface area contributed by atoms with Crippen LogP contribution in [-0.2, 0) is 6.54 Å². The van der Waals surface area contributed by atoms with Crippen LogP contribution in [0.5, 0.6) is 0 Å². The van der Waals surface area contributed by atoms with E-state index in [1.54, 1.807) is 0 Å². The molecule has 0 fully saturated rings. The molecule has 0 radical (unpaired) electrons. The molecule has 0 heterocycles. The molecule has 3 nitrogen and oxygen atoms in total. The van der Waals surface area contributed by atoms with Gasteiger partial charge in [-0.3, -0.25) is 0 Å². The molecule has 1 rings (SSSR count). The van der Waals surface area contributed by atoms with Gasteiger partial charge in [0.2, 0.25) is 0 Å². The van der Waals surface area contributed by atoms with Crippen LogP contribution in [0.4, 0.5) is 0 Å². The number of aliphatic hydroxyl groups is 1. The fourth-order valence-electron chi connectivity index (χ4n) is 1.38. The highest BCUT2D eigenvalue weighted by Gasteiger charge is 1.95. The first-order chi connectivity index (χ1) is 8.68. The summed E-state index contributed by atoms with van der Waals surface area (Å²) in [4.78, 5) is 0. The van der Waals surface area contributed by atoms with Crippen molar-refractivity contribution < 1.29 is 5.11 Å². The van der Waals surface area contributed by atoms with Gasteiger partial charge in [-0.15, -0.1) is 0 Å². The fourth-order valence-corrected chi connectivity index (χ4v) is 1.38. The average molecular weight is 254 g/mol. The Morgan fingerprint density at radius 1 is 1.28 bits per heavy atom. The highest BCUT2D eigenvalue weighted by atomic mass is 16.2. The van der Waals surface area contributed by atoms with Crippen LogP contribution in [-0.4, -0.2) is 24.8 Å². The Morgan fingerprint density at radius 3 is 2.39 bits per heavy atom. The third-order valence-corrected chi connectivity index (χ3v) is 2.19. The van der Waals surface area contributed by atoms with Crippen LogP contribution < -0.4 is 11.1 Å². The van der Waals surface area contributed by atoms with Gasteiger partial charge in [-0.1, -0.05) is 43.7 Å². The van der Waals surface area contributed by atoms with Gasteiger partial charge in [0, 0.05) is 19.7 Å². The number of aliphatic hydroxyl groups excluding tert-OH is 1. The predicted molar refractivity (Wildman–Crippen MR) is 80.6 cm³/mol. The molecule has 0 spiro atoms. The molecule has 0 aromatic heterocycles. The number of aryl methyl sites for hydroxylation is 1. The monoisotopic (exact) mass is 254 g/mol. The number of hydrogen-bond donors (Lipinski definition) is 3. The highest BCUT2D eigenvalue weighted by Crippen LogP contribution is 2.03. The molecule has 3 heteroatoms. The van der Waals surface area contributed by atoms with E-state index < -0.39 is 0 Å². The van der Waals surface area contributed by atoms with Gasteiger partial charge < -0.3 is 16.2 Å². The molecule has 0 amide bonds. The zero-order valence-corrected chi connectivity index (χ0v) is 12.5. The Hall–Kier alpha value is -0.900. The van der Waals surface area contributed by atoms with Crippen LogP contribution in [0.3, 0.4) is 0 Å². The van der Waals surface area contributed by atoms with Crippen molar-refractivity contribution in [1.82, 2.24) is 5.32 Å². The second kappa shape index (κ2) is 14.2. The van der Waals surface area contributed by atoms with Gasteiger partial charge in [-0.05, 0) is 32.4 Å². The first-order valence-electron chi connectivity index (χ1n) is 6.65. The van der Waals surface area contributed by atoms with Gasteiger partial charge in [0.25, 0.3) is 0 Å². The van der Waals surface area contributed by atoms with E-state index in [9.17, 15) is 0 Å². The zero-order valence-electron chi connectivity index (χ0n) is 12.5. The van der Waals surface area contributed by atoms with E-state index in [-0.39, 0.29) is 0 Å². The summed E-state index contributed by atoms with van der Waals surface area (Å²) in [6.45, 7) is 10.1. The van der Waals surface area contributed by atoms with E-state index in [0.717, 1.165) is 26.6 Å². The number of nitrogens with one attached hydrogen (secondary N) is 1. The Balaban J connectivity index is 0. The fraction of sp³-hybridized carbons (Fsp3) is 0.600. The van der Waals surface area contributed by atoms with Gasteiger partial charge in [-0.25, -0.2) is 0 Å². The minimum atomic E-state index is 0.292. The van der Waals surface area contributed by atoms with E-state index in [1.165, 1.54) is 11.1 Å². The highest BCUT2D eigenvalue weighted by molar-refractivity contribution is 5.21. The SMILES string of the molecule is CC.CO.Cc1cccc(CNCCC(C)N)c1. The Kier molecular flexibility index (Phi) is 15.3. The number of hydrogen-bond acceptors (Lipinski definition) is 3. The number of benzene rings is 1. The largest absolute Gasteiger partial charge is 0.400 e. The molecule has 1 atom stereocenters. The van der Waals surface area contributed by atoms with E-state index in [4.69, 9.17) is 10.8 Å². The summed E-state index contributed by atoms with van der Waals surface area (Å²) in [5.74, 6) is 0. The minimum Gasteiger partial charge on any atom is -0.400 e. The standard InChI is InChI=1S/C12H20N2.C2H6.CH4O/c1-10-4-3-5-12(8-10)9-14-7-6-11(2)13;2*1-2/h3-5,8,11,14H,6-7,9,13H2,1-2H3;1-2H3;2H,1H3. The average Bonchev–Trinajstić information content (AvgIpc) is 2.39. The Morgan fingerprint density at radius 2 is 1.89 bits per heavy atom. The first kappa shape index (κ1) is 19.4. The Labute approximate surface area is 112 Å². The van der Waals surface area contributed by atoms with Crippen LogP contribution in [0.1, 0.15) is 38.3 Å². The van der Waals surface area contributed by atoms with E-state index in [2.05, 4.69) is 36.5 Å². The molecule has 4 N–H and O–H groups in total. The topological polar surface area (TPSA) is 58.3 Å². The molecule has 0 saturated carbocycles. The lowest BCUT2D eigenvalue weighted by Crippen LogP contribution is -2.23. The zero-order chi connectivity index (χ0) is 14.4. The third-order valence-electron chi connectivity index (χ3n) is 2.19. The molecule has 1 aromatic rings. The van der Waals surface area contributed by atoms with Crippen molar-refractivity contribution in [3.05, 3.63) is 35.4 Å². The van der Waals surface area contributed by atoms with Crippen molar-refractivity contribution in [3.8, 4) is 0 Å². The maximum absolute atomic E-state index is 7.00. The van der Waals surface area contributed by atoms with E-state index in [0.29, 0.717) is 6.04 Å². The summed E-state index contributed by atoms with van der Waals surface area (Å²) in [5.41, 5.74) is 8.31. The molecule has 0 aliphatic rings. The second-order valence-corrected chi connectivity index (χ2v) is 3.93. The van der Waals surface area contributed by atoms with Crippen molar-refractivity contribution in [2.75, 3.05) is 13.7 Å². The van der Waals surface area contributed by atoms with Crippen molar-refractivity contribution in [2.45, 2.75) is 46.7 Å². The molecule has 106 valence electrons. The van der Waals surface area contributed by atoms with Crippen LogP contribution >= 0.6 is 0 Å². The maximum Gasteiger partial charge on any atom is 0.0319 e. The summed E-state index contributed by atoms with van der Waals surface area (Å²) in [5, 5.41) is 10.4. The number of nitrogens with two attached hydrogens (primary N) is 1. The van der Waals surface area contributed by atoms with Crippen molar-refractivity contribution >= 4 is 0 Å². The van der Waals surface area contributed by atoms with Gasteiger partial charge in [-0.2, -0.15) is 0 Å². The number of rotatable bonds is 5. The van der Waals surface area contributed by atoms with Gasteiger partial charge in [0.05, 0.1) is 0 Å². The van der Waals surface area contributed by atoms with Gasteiger partial charge >= 0.3 is 0 Å². The Bertz CT molecular complexity index is 275. The first-order valence-corrected chi connectivity index (χ1v) is 6.65. The second-order valence-electron chi connectivity index (χ2n) is 3.93. The summed E-state index contributed by atoms with van der Waals surface area (Å²) in [6, 6.07) is 8.86. The summed E-state index contributed by atoms with van der Waals surface area (Å²) in [7, 11) is 1.00. The maximum atomic E-state index is 7.00. The van der Waals surface area contributed by atoms with Gasteiger partial charge in [0.1, 0.15) is 0 Å². The van der Waals surface area contributed by atoms with Crippen molar-refractivity contribution in [1.29, 1.82) is 0 Å². The predicted octanol–water partition coefficient (Wildman–Crippen LogP) is 2.46. The van der Waals surface area contributed by atoms with Gasteiger partial charge in [0.15, 0.2) is 0 Å².